The average Bonchev–Trinajstić information content (AvgIpc) is 2.19. The lowest BCUT2D eigenvalue weighted by atomic mass is 10.1. The molecule has 0 unspecified atom stereocenters. The maximum absolute atomic E-state index is 13.4. The van der Waals surface area contributed by atoms with Crippen LogP contribution in [0.1, 0.15) is 0 Å². The van der Waals surface area contributed by atoms with Gasteiger partial charge in [-0.1, -0.05) is 6.07 Å². The van der Waals surface area contributed by atoms with E-state index >= 15 is 0 Å². The van der Waals surface area contributed by atoms with Gasteiger partial charge < -0.3 is 5.73 Å². The molecule has 0 aliphatic carbocycles. The number of aromatic nitrogens is 2. The van der Waals surface area contributed by atoms with Gasteiger partial charge in [0.2, 0.25) is 0 Å². The highest BCUT2D eigenvalue weighted by atomic mass is 19.1. The number of hydrogen-bond acceptors (Lipinski definition) is 3. The van der Waals surface area contributed by atoms with E-state index in [9.17, 15) is 4.39 Å². The molecule has 0 atom stereocenters. The van der Waals surface area contributed by atoms with Gasteiger partial charge in [0.15, 0.2) is 0 Å². The minimum Gasteiger partial charge on any atom is -0.384 e. The summed E-state index contributed by atoms with van der Waals surface area (Å²) in [6.07, 6.45) is 4.62. The third-order valence-corrected chi connectivity index (χ3v) is 1.85. The van der Waals surface area contributed by atoms with Crippen molar-refractivity contribution in [3.8, 4) is 11.1 Å². The molecule has 0 saturated heterocycles. The summed E-state index contributed by atoms with van der Waals surface area (Å²) in [6.45, 7) is 0. The number of halogens is 1. The largest absolute Gasteiger partial charge is 0.384 e. The molecule has 0 saturated carbocycles. The molecule has 2 aromatic rings. The molecule has 2 heterocycles. The molecule has 2 aromatic heterocycles. The summed E-state index contributed by atoms with van der Waals surface area (Å²) in [7, 11) is 0. The van der Waals surface area contributed by atoms with Crippen LogP contribution in [0.2, 0.25) is 0 Å². The number of nitrogen functional groups attached to an aromatic ring is 1. The van der Waals surface area contributed by atoms with Gasteiger partial charge in [-0.3, -0.25) is 4.98 Å². The van der Waals surface area contributed by atoms with Crippen LogP contribution >= 0.6 is 0 Å². The van der Waals surface area contributed by atoms with Crippen molar-refractivity contribution in [1.29, 1.82) is 0 Å². The third kappa shape index (κ3) is 1.54. The maximum Gasteiger partial charge on any atom is 0.136 e. The highest BCUT2D eigenvalue weighted by molar-refractivity contribution is 5.63. The second kappa shape index (κ2) is 3.41. The first-order valence-electron chi connectivity index (χ1n) is 4.09. The predicted molar refractivity (Wildman–Crippen MR) is 51.8 cm³/mol. The van der Waals surface area contributed by atoms with Crippen molar-refractivity contribution in [2.45, 2.75) is 0 Å². The molecule has 0 bridgehead atoms. The summed E-state index contributed by atoms with van der Waals surface area (Å²) in [5.41, 5.74) is 6.44. The number of pyridine rings is 2. The number of hydrogen-bond donors (Lipinski definition) is 1. The Morgan fingerprint density at radius 2 is 2.14 bits per heavy atom. The van der Waals surface area contributed by atoms with E-state index in [1.807, 2.05) is 0 Å². The molecular formula is C10H8FN3. The van der Waals surface area contributed by atoms with Crippen LogP contribution in [0.25, 0.3) is 11.1 Å². The van der Waals surface area contributed by atoms with E-state index in [1.54, 1.807) is 24.5 Å². The van der Waals surface area contributed by atoms with Crippen molar-refractivity contribution in [2.24, 2.45) is 0 Å². The van der Waals surface area contributed by atoms with Gasteiger partial charge in [0.1, 0.15) is 11.6 Å². The smallest absolute Gasteiger partial charge is 0.136 e. The topological polar surface area (TPSA) is 51.8 Å². The van der Waals surface area contributed by atoms with Gasteiger partial charge in [0, 0.05) is 35.8 Å². The quantitative estimate of drug-likeness (QED) is 0.744. The summed E-state index contributed by atoms with van der Waals surface area (Å²) < 4.78 is 13.4. The van der Waals surface area contributed by atoms with E-state index in [4.69, 9.17) is 5.73 Å². The zero-order valence-electron chi connectivity index (χ0n) is 7.31. The van der Waals surface area contributed by atoms with Crippen molar-refractivity contribution in [2.75, 3.05) is 5.73 Å². The minimum absolute atomic E-state index is 0.176. The second-order valence-corrected chi connectivity index (χ2v) is 2.83. The molecule has 0 radical (unpaired) electrons. The fraction of sp³-hybridized carbons (Fsp3) is 0. The predicted octanol–water partition coefficient (Wildman–Crippen LogP) is 1.86. The van der Waals surface area contributed by atoms with Crippen LogP contribution in [0.4, 0.5) is 10.2 Å². The van der Waals surface area contributed by atoms with Gasteiger partial charge in [-0.2, -0.15) is 0 Å². The summed E-state index contributed by atoms with van der Waals surface area (Å²) in [5.74, 6) is -0.208. The summed E-state index contributed by atoms with van der Waals surface area (Å²) in [6, 6.07) is 4.71. The number of rotatable bonds is 1. The van der Waals surface area contributed by atoms with E-state index in [0.29, 0.717) is 11.1 Å². The molecule has 0 amide bonds. The van der Waals surface area contributed by atoms with Crippen LogP contribution < -0.4 is 5.73 Å². The lowest BCUT2D eigenvalue weighted by molar-refractivity contribution is 0.630. The molecule has 14 heavy (non-hydrogen) atoms. The molecule has 0 aliphatic rings. The molecule has 0 spiro atoms. The number of nitrogens with zero attached hydrogens (tertiary/aromatic N) is 2. The molecule has 2 N–H and O–H groups in total. The van der Waals surface area contributed by atoms with Crippen molar-refractivity contribution in [3.63, 3.8) is 0 Å². The lowest BCUT2D eigenvalue weighted by Gasteiger charge is -2.02. The first-order valence-corrected chi connectivity index (χ1v) is 4.09. The number of anilines is 1. The van der Waals surface area contributed by atoms with Gasteiger partial charge in [0.25, 0.3) is 0 Å². The zero-order chi connectivity index (χ0) is 9.97. The highest BCUT2D eigenvalue weighted by Gasteiger charge is 2.05. The fourth-order valence-corrected chi connectivity index (χ4v) is 1.18. The Morgan fingerprint density at radius 3 is 2.79 bits per heavy atom. The molecule has 0 aliphatic heterocycles. The van der Waals surface area contributed by atoms with Crippen LogP contribution in [-0.2, 0) is 0 Å². The standard InChI is InChI=1S/C10H8FN3/c11-9-4-10(12)14-6-8(9)7-2-1-3-13-5-7/h1-6H,(H2,12,14). The summed E-state index contributed by atoms with van der Waals surface area (Å²) >= 11 is 0. The van der Waals surface area contributed by atoms with Gasteiger partial charge in [0.05, 0.1) is 0 Å². The van der Waals surface area contributed by atoms with Gasteiger partial charge in [-0.15, -0.1) is 0 Å². The Balaban J connectivity index is 2.53. The van der Waals surface area contributed by atoms with Crippen molar-refractivity contribution in [1.82, 2.24) is 9.97 Å². The van der Waals surface area contributed by atoms with Crippen LogP contribution in [0, 0.1) is 5.82 Å². The zero-order valence-corrected chi connectivity index (χ0v) is 7.31. The Bertz CT molecular complexity index is 442. The van der Waals surface area contributed by atoms with Gasteiger partial charge >= 0.3 is 0 Å². The van der Waals surface area contributed by atoms with Crippen LogP contribution in [-0.4, -0.2) is 9.97 Å². The normalized spacial score (nSPS) is 10.1. The van der Waals surface area contributed by atoms with Crippen LogP contribution in [0.5, 0.6) is 0 Å². The SMILES string of the molecule is Nc1cc(F)c(-c2cccnc2)cn1. The Morgan fingerprint density at radius 1 is 1.29 bits per heavy atom. The fourth-order valence-electron chi connectivity index (χ4n) is 1.18. The first-order chi connectivity index (χ1) is 6.77. The summed E-state index contributed by atoms with van der Waals surface area (Å²) in [4.78, 5) is 7.73. The Labute approximate surface area is 80.4 Å². The monoisotopic (exact) mass is 189 g/mol. The molecule has 70 valence electrons. The molecule has 2 rings (SSSR count). The van der Waals surface area contributed by atoms with Gasteiger partial charge in [-0.05, 0) is 6.07 Å². The van der Waals surface area contributed by atoms with Crippen LogP contribution in [0.3, 0.4) is 0 Å². The van der Waals surface area contributed by atoms with E-state index in [2.05, 4.69) is 9.97 Å². The van der Waals surface area contributed by atoms with E-state index in [1.165, 1.54) is 12.3 Å². The van der Waals surface area contributed by atoms with Crippen molar-refractivity contribution >= 4 is 5.82 Å². The van der Waals surface area contributed by atoms with Crippen LogP contribution in [0.15, 0.2) is 36.8 Å². The van der Waals surface area contributed by atoms with E-state index in [-0.39, 0.29) is 11.6 Å². The van der Waals surface area contributed by atoms with E-state index < -0.39 is 0 Å². The highest BCUT2D eigenvalue weighted by Crippen LogP contribution is 2.21. The van der Waals surface area contributed by atoms with Crippen molar-refractivity contribution < 1.29 is 4.39 Å². The number of nitrogens with two attached hydrogens (primary N) is 1. The molecule has 3 nitrogen and oxygen atoms in total. The molecule has 0 fully saturated rings. The summed E-state index contributed by atoms with van der Waals surface area (Å²) in [5, 5.41) is 0. The second-order valence-electron chi connectivity index (χ2n) is 2.83. The van der Waals surface area contributed by atoms with Gasteiger partial charge in [-0.25, -0.2) is 9.37 Å². The first kappa shape index (κ1) is 8.62. The molecular weight excluding hydrogens is 181 g/mol. The van der Waals surface area contributed by atoms with Crippen molar-refractivity contribution in [3.05, 3.63) is 42.6 Å². The molecule has 0 aromatic carbocycles. The Hall–Kier alpha value is -1.97. The lowest BCUT2D eigenvalue weighted by Crippen LogP contribution is -1.93. The average molecular weight is 189 g/mol. The van der Waals surface area contributed by atoms with E-state index in [0.717, 1.165) is 0 Å². The molecule has 4 heteroatoms. The third-order valence-electron chi connectivity index (χ3n) is 1.85. The maximum atomic E-state index is 13.4. The Kier molecular flexibility index (Phi) is 2.10. The minimum atomic E-state index is -0.384.